The predicted octanol–water partition coefficient (Wildman–Crippen LogP) is 0.766. The van der Waals surface area contributed by atoms with Gasteiger partial charge >= 0.3 is 0 Å². The molecule has 1 atom stereocenters. The fourth-order valence-corrected chi connectivity index (χ4v) is 3.75. The molecule has 146 valence electrons. The molecule has 0 spiro atoms. The van der Waals surface area contributed by atoms with Crippen molar-refractivity contribution >= 4 is 15.7 Å². The molecule has 1 fully saturated rings. The number of amides is 1. The van der Waals surface area contributed by atoms with E-state index in [1.54, 1.807) is 18.3 Å². The Labute approximate surface area is 159 Å². The van der Waals surface area contributed by atoms with Crippen LogP contribution in [0.1, 0.15) is 18.3 Å². The number of carbonyl (C=O) groups is 1. The third-order valence-corrected chi connectivity index (χ3v) is 5.69. The number of nitrogens with zero attached hydrogens (tertiary/aromatic N) is 3. The molecule has 9 heteroatoms. The lowest BCUT2D eigenvalue weighted by Crippen LogP contribution is -2.49. The van der Waals surface area contributed by atoms with E-state index in [-0.39, 0.29) is 29.9 Å². The number of benzene rings is 1. The Morgan fingerprint density at radius 2 is 2.07 bits per heavy atom. The van der Waals surface area contributed by atoms with Crippen LogP contribution in [0.3, 0.4) is 0 Å². The van der Waals surface area contributed by atoms with Gasteiger partial charge in [-0.1, -0.05) is 0 Å². The Morgan fingerprint density at radius 3 is 2.70 bits per heavy atom. The fraction of sp³-hybridized carbons (Fsp3) is 0.444. The van der Waals surface area contributed by atoms with Crippen molar-refractivity contribution in [2.75, 3.05) is 32.5 Å². The summed E-state index contributed by atoms with van der Waals surface area (Å²) in [5.41, 5.74) is 0. The zero-order valence-electron chi connectivity index (χ0n) is 15.5. The summed E-state index contributed by atoms with van der Waals surface area (Å²) in [6.45, 7) is 2.28. The van der Waals surface area contributed by atoms with Gasteiger partial charge in [-0.15, -0.1) is 0 Å². The number of nitrogens with one attached hydrogen (secondary N) is 1. The second-order valence-corrected chi connectivity index (χ2v) is 8.56. The Kier molecular flexibility index (Phi) is 5.81. The molecule has 0 aliphatic carbocycles. The molecule has 1 aromatic carbocycles. The van der Waals surface area contributed by atoms with E-state index in [0.29, 0.717) is 18.8 Å². The molecule has 27 heavy (non-hydrogen) atoms. The van der Waals surface area contributed by atoms with Crippen LogP contribution < -0.4 is 10.1 Å². The largest absolute Gasteiger partial charge is 0.493 e. The van der Waals surface area contributed by atoms with Gasteiger partial charge in [-0.3, -0.25) is 4.79 Å². The number of hydrogen-bond donors (Lipinski definition) is 1. The molecule has 1 saturated heterocycles. The fourth-order valence-electron chi connectivity index (χ4n) is 3.11. The Morgan fingerprint density at radius 1 is 1.33 bits per heavy atom. The lowest BCUT2D eigenvalue weighted by atomic mass is 10.1. The minimum absolute atomic E-state index is 0.0113. The highest BCUT2D eigenvalue weighted by atomic mass is 32.2. The van der Waals surface area contributed by atoms with Crippen molar-refractivity contribution in [2.24, 2.45) is 7.05 Å². The summed E-state index contributed by atoms with van der Waals surface area (Å²) in [4.78, 5) is 19.2. The van der Waals surface area contributed by atoms with Gasteiger partial charge in [-0.25, -0.2) is 13.4 Å². The second-order valence-electron chi connectivity index (χ2n) is 6.55. The Balaban J connectivity index is 1.57. The van der Waals surface area contributed by atoms with Crippen molar-refractivity contribution in [3.63, 3.8) is 0 Å². The van der Waals surface area contributed by atoms with E-state index in [4.69, 9.17) is 4.74 Å². The first kappa shape index (κ1) is 19.4. The molecule has 0 bridgehead atoms. The van der Waals surface area contributed by atoms with Crippen LogP contribution in [0, 0.1) is 0 Å². The van der Waals surface area contributed by atoms with Gasteiger partial charge in [0.1, 0.15) is 17.6 Å². The Bertz CT molecular complexity index is 892. The van der Waals surface area contributed by atoms with E-state index in [1.165, 1.54) is 12.1 Å². The van der Waals surface area contributed by atoms with Gasteiger partial charge in [-0.2, -0.15) is 0 Å². The summed E-state index contributed by atoms with van der Waals surface area (Å²) in [5.74, 6) is 1.40. The molecular weight excluding hydrogens is 368 g/mol. The van der Waals surface area contributed by atoms with Gasteiger partial charge in [0.2, 0.25) is 5.91 Å². The van der Waals surface area contributed by atoms with E-state index < -0.39 is 9.84 Å². The van der Waals surface area contributed by atoms with Gasteiger partial charge in [0.05, 0.1) is 17.9 Å². The van der Waals surface area contributed by atoms with Crippen LogP contribution in [0.4, 0.5) is 0 Å². The highest BCUT2D eigenvalue weighted by Gasteiger charge is 2.30. The van der Waals surface area contributed by atoms with Gasteiger partial charge < -0.3 is 19.5 Å². The second kappa shape index (κ2) is 8.10. The molecule has 1 N–H and O–H groups in total. The van der Waals surface area contributed by atoms with Crippen LogP contribution in [0.15, 0.2) is 41.6 Å². The number of ether oxygens (including phenoxy) is 1. The first-order valence-electron chi connectivity index (χ1n) is 8.76. The zero-order valence-corrected chi connectivity index (χ0v) is 16.3. The first-order chi connectivity index (χ1) is 12.9. The monoisotopic (exact) mass is 392 g/mol. The lowest BCUT2D eigenvalue weighted by molar-refractivity contribution is -0.135. The number of sulfone groups is 1. The number of hydrogen-bond acceptors (Lipinski definition) is 6. The van der Waals surface area contributed by atoms with Crippen molar-refractivity contribution in [2.45, 2.75) is 17.4 Å². The summed E-state index contributed by atoms with van der Waals surface area (Å²) < 4.78 is 30.5. The molecule has 1 aliphatic rings. The standard InChI is InChI=1S/C18H24N4O4S/c1-21-10-9-20-18(21)16-13-19-8-11-22(16)17(23)7-12-26-14-3-5-15(6-4-14)27(2,24)25/h3-6,9-10,16,19H,7-8,11-13H2,1-2H3. The summed E-state index contributed by atoms with van der Waals surface area (Å²) >= 11 is 0. The maximum absolute atomic E-state index is 12.7. The highest BCUT2D eigenvalue weighted by Crippen LogP contribution is 2.21. The van der Waals surface area contributed by atoms with Gasteiger partial charge in [0, 0.05) is 45.3 Å². The van der Waals surface area contributed by atoms with E-state index in [1.807, 2.05) is 22.7 Å². The summed E-state index contributed by atoms with van der Waals surface area (Å²) in [5, 5.41) is 3.31. The maximum atomic E-state index is 12.7. The number of piperazine rings is 1. The number of rotatable bonds is 6. The Hall–Kier alpha value is -2.39. The number of imidazole rings is 1. The molecule has 1 amide bonds. The number of aryl methyl sites for hydroxylation is 1. The predicted molar refractivity (Wildman–Crippen MR) is 100 cm³/mol. The quantitative estimate of drug-likeness (QED) is 0.780. The van der Waals surface area contributed by atoms with Crippen molar-refractivity contribution in [1.82, 2.24) is 19.8 Å². The van der Waals surface area contributed by atoms with Crippen LogP contribution in [0.25, 0.3) is 0 Å². The summed E-state index contributed by atoms with van der Waals surface area (Å²) in [6.07, 6.45) is 5.01. The number of carbonyl (C=O) groups excluding carboxylic acids is 1. The van der Waals surface area contributed by atoms with E-state index in [9.17, 15) is 13.2 Å². The molecule has 1 aromatic heterocycles. The average Bonchev–Trinajstić information content (AvgIpc) is 3.07. The van der Waals surface area contributed by atoms with Crippen LogP contribution in [-0.2, 0) is 21.7 Å². The average molecular weight is 392 g/mol. The van der Waals surface area contributed by atoms with Crippen LogP contribution >= 0.6 is 0 Å². The normalized spacial score (nSPS) is 17.7. The number of aromatic nitrogens is 2. The summed E-state index contributed by atoms with van der Waals surface area (Å²) in [7, 11) is -1.31. The molecule has 1 aliphatic heterocycles. The zero-order chi connectivity index (χ0) is 19.4. The van der Waals surface area contributed by atoms with Crippen LogP contribution in [-0.4, -0.2) is 61.3 Å². The smallest absolute Gasteiger partial charge is 0.226 e. The summed E-state index contributed by atoms with van der Waals surface area (Å²) in [6, 6.07) is 6.10. The molecule has 0 saturated carbocycles. The first-order valence-corrected chi connectivity index (χ1v) is 10.7. The third-order valence-electron chi connectivity index (χ3n) is 4.56. The van der Waals surface area contributed by atoms with E-state index in [2.05, 4.69) is 10.3 Å². The van der Waals surface area contributed by atoms with E-state index >= 15 is 0 Å². The highest BCUT2D eigenvalue weighted by molar-refractivity contribution is 7.90. The van der Waals surface area contributed by atoms with Crippen LogP contribution in [0.2, 0.25) is 0 Å². The maximum Gasteiger partial charge on any atom is 0.226 e. The van der Waals surface area contributed by atoms with Gasteiger partial charge in [0.15, 0.2) is 9.84 Å². The minimum atomic E-state index is -3.23. The third kappa shape index (κ3) is 4.67. The molecule has 1 unspecified atom stereocenters. The van der Waals surface area contributed by atoms with Crippen molar-refractivity contribution in [1.29, 1.82) is 0 Å². The molecule has 8 nitrogen and oxygen atoms in total. The van der Waals surface area contributed by atoms with Gasteiger partial charge in [-0.05, 0) is 24.3 Å². The minimum Gasteiger partial charge on any atom is -0.493 e. The molecule has 2 aromatic rings. The van der Waals surface area contributed by atoms with Crippen molar-refractivity contribution in [3.05, 3.63) is 42.5 Å². The molecule has 3 rings (SSSR count). The molecule has 0 radical (unpaired) electrons. The lowest BCUT2D eigenvalue weighted by Gasteiger charge is -2.35. The molecular formula is C18H24N4O4S. The van der Waals surface area contributed by atoms with Crippen molar-refractivity contribution < 1.29 is 17.9 Å². The van der Waals surface area contributed by atoms with E-state index in [0.717, 1.165) is 18.6 Å². The van der Waals surface area contributed by atoms with Gasteiger partial charge in [0.25, 0.3) is 0 Å². The van der Waals surface area contributed by atoms with Crippen LogP contribution in [0.5, 0.6) is 5.75 Å². The SMILES string of the molecule is Cn1ccnc1C1CNCCN1C(=O)CCOc1ccc(S(C)(=O)=O)cc1. The molecule has 2 heterocycles. The topological polar surface area (TPSA) is 93.5 Å². The van der Waals surface area contributed by atoms with Crippen molar-refractivity contribution in [3.8, 4) is 5.75 Å².